The number of alkyl halides is 3. The number of nitrogens with zero attached hydrogens (tertiary/aromatic N) is 3. The minimum Gasteiger partial charge on any atom is -0.465 e. The fourth-order valence-corrected chi connectivity index (χ4v) is 7.34. The predicted octanol–water partition coefficient (Wildman–Crippen LogP) is 7.08. The number of ether oxygens (including phenoxy) is 3. The highest BCUT2D eigenvalue weighted by Crippen LogP contribution is 2.47. The minimum absolute atomic E-state index is 0.0240. The number of benzene rings is 2. The van der Waals surface area contributed by atoms with Gasteiger partial charge in [-0.15, -0.1) is 13.2 Å². The zero-order chi connectivity index (χ0) is 29.9. The maximum Gasteiger partial charge on any atom is 0.573 e. The first kappa shape index (κ1) is 28.1. The standard InChI is InChI=1S/C30H27F4N3O5S/c1-39-28(38)16-10-22(31)26-24(11-16)43-29(35-26)37-12-17-8-19(9-18(17)13-37)40-14-21-25(36-42-27(21)15-6-7-15)20-4-2-3-5-23(20)41-30(32,33)34/h2-5,10-11,15,17-19H,6-9,12-14H2,1H3. The molecular formula is C30H27F4N3O5S. The van der Waals surface area contributed by atoms with Gasteiger partial charge in [-0.3, -0.25) is 0 Å². The van der Waals surface area contributed by atoms with Crippen LogP contribution in [0, 0.1) is 17.7 Å². The van der Waals surface area contributed by atoms with E-state index in [2.05, 4.69) is 19.8 Å². The fraction of sp³-hybridized carbons (Fsp3) is 0.433. The zero-order valence-corrected chi connectivity index (χ0v) is 23.8. The number of para-hydroxylation sites is 1. The number of anilines is 1. The van der Waals surface area contributed by atoms with Gasteiger partial charge >= 0.3 is 12.3 Å². The van der Waals surface area contributed by atoms with Gasteiger partial charge < -0.3 is 23.6 Å². The number of rotatable bonds is 8. The summed E-state index contributed by atoms with van der Waals surface area (Å²) in [5.74, 6) is 0.0857. The average molecular weight is 618 g/mol. The smallest absolute Gasteiger partial charge is 0.465 e. The Hall–Kier alpha value is -3.71. The van der Waals surface area contributed by atoms with Gasteiger partial charge in [0.2, 0.25) is 0 Å². The molecule has 0 radical (unpaired) electrons. The quantitative estimate of drug-likeness (QED) is 0.153. The molecule has 13 heteroatoms. The number of halogens is 4. The third-order valence-electron chi connectivity index (χ3n) is 8.43. The van der Waals surface area contributed by atoms with Crippen molar-refractivity contribution in [1.29, 1.82) is 0 Å². The number of carbonyl (C=O) groups is 1. The normalized spacial score (nSPS) is 21.9. The van der Waals surface area contributed by atoms with Crippen molar-refractivity contribution < 1.29 is 41.1 Å². The summed E-state index contributed by atoms with van der Waals surface area (Å²) in [4.78, 5) is 18.6. The van der Waals surface area contributed by atoms with Gasteiger partial charge in [0.25, 0.3) is 0 Å². The van der Waals surface area contributed by atoms with Gasteiger partial charge in [0, 0.05) is 30.1 Å². The van der Waals surface area contributed by atoms with Crippen molar-refractivity contribution >= 4 is 32.7 Å². The molecule has 2 atom stereocenters. The van der Waals surface area contributed by atoms with E-state index in [0.29, 0.717) is 38.7 Å². The van der Waals surface area contributed by atoms with Crippen molar-refractivity contribution in [3.63, 3.8) is 0 Å². The van der Waals surface area contributed by atoms with Gasteiger partial charge in [-0.2, -0.15) is 0 Å². The monoisotopic (exact) mass is 617 g/mol. The first-order valence-corrected chi connectivity index (χ1v) is 14.9. The van der Waals surface area contributed by atoms with E-state index in [9.17, 15) is 22.4 Å². The number of fused-ring (bicyclic) bond motifs is 2. The van der Waals surface area contributed by atoms with Gasteiger partial charge in [0.15, 0.2) is 10.9 Å². The molecule has 1 saturated heterocycles. The summed E-state index contributed by atoms with van der Waals surface area (Å²) in [6.07, 6.45) is -1.35. The number of methoxy groups -OCH3 is 1. The van der Waals surface area contributed by atoms with E-state index in [4.69, 9.17) is 14.0 Å². The van der Waals surface area contributed by atoms with Crippen LogP contribution in [0.3, 0.4) is 0 Å². The molecular weight excluding hydrogens is 590 g/mol. The number of aromatic nitrogens is 2. The molecule has 3 fully saturated rings. The molecule has 0 bridgehead atoms. The molecule has 226 valence electrons. The summed E-state index contributed by atoms with van der Waals surface area (Å²) >= 11 is 1.35. The summed E-state index contributed by atoms with van der Waals surface area (Å²) in [6.45, 7) is 1.69. The fourth-order valence-electron chi connectivity index (χ4n) is 6.30. The van der Waals surface area contributed by atoms with Crippen LogP contribution in [0.1, 0.15) is 53.3 Å². The average Bonchev–Trinajstić information content (AvgIpc) is 3.26. The van der Waals surface area contributed by atoms with Crippen LogP contribution in [0.25, 0.3) is 21.5 Å². The number of thiazole rings is 1. The second-order valence-corrected chi connectivity index (χ2v) is 12.3. The van der Waals surface area contributed by atoms with E-state index in [1.165, 1.54) is 36.6 Å². The van der Waals surface area contributed by atoms with Crippen LogP contribution in [-0.2, 0) is 16.1 Å². The maximum absolute atomic E-state index is 14.7. The zero-order valence-electron chi connectivity index (χ0n) is 23.0. The topological polar surface area (TPSA) is 86.9 Å². The number of hydrogen-bond acceptors (Lipinski definition) is 9. The Morgan fingerprint density at radius 2 is 1.88 bits per heavy atom. The summed E-state index contributed by atoms with van der Waals surface area (Å²) in [5, 5.41) is 4.87. The third-order valence-corrected chi connectivity index (χ3v) is 9.50. The minimum atomic E-state index is -4.84. The molecule has 0 spiro atoms. The van der Waals surface area contributed by atoms with Crippen LogP contribution in [0.5, 0.6) is 5.75 Å². The van der Waals surface area contributed by atoms with Gasteiger partial charge in [0.1, 0.15) is 22.7 Å². The lowest BCUT2D eigenvalue weighted by Crippen LogP contribution is -2.23. The molecule has 43 heavy (non-hydrogen) atoms. The molecule has 0 amide bonds. The van der Waals surface area contributed by atoms with Gasteiger partial charge in [-0.05, 0) is 61.8 Å². The van der Waals surface area contributed by atoms with E-state index in [1.807, 2.05) is 0 Å². The summed E-state index contributed by atoms with van der Waals surface area (Å²) in [5.41, 5.74) is 1.58. The van der Waals surface area contributed by atoms with E-state index in [0.717, 1.165) is 44.8 Å². The molecule has 2 aromatic heterocycles. The second kappa shape index (κ2) is 10.8. The Balaban J connectivity index is 1.04. The van der Waals surface area contributed by atoms with Crippen molar-refractivity contribution in [3.05, 3.63) is 59.1 Å². The van der Waals surface area contributed by atoms with Crippen LogP contribution in [0.15, 0.2) is 40.9 Å². The molecule has 8 nitrogen and oxygen atoms in total. The highest BCUT2D eigenvalue weighted by molar-refractivity contribution is 7.22. The summed E-state index contributed by atoms with van der Waals surface area (Å²) in [6, 6.07) is 8.67. The Bertz CT molecular complexity index is 1670. The summed E-state index contributed by atoms with van der Waals surface area (Å²) < 4.78 is 75.5. The summed E-state index contributed by atoms with van der Waals surface area (Å²) in [7, 11) is 1.26. The Kier molecular flexibility index (Phi) is 7.04. The van der Waals surface area contributed by atoms with E-state index in [-0.39, 0.29) is 41.0 Å². The molecule has 7 rings (SSSR count). The van der Waals surface area contributed by atoms with Gasteiger partial charge in [-0.1, -0.05) is 28.6 Å². The van der Waals surface area contributed by atoms with E-state index < -0.39 is 18.1 Å². The Labute approximate surface area is 247 Å². The molecule has 3 heterocycles. The van der Waals surface area contributed by atoms with Crippen molar-refractivity contribution in [2.24, 2.45) is 11.8 Å². The highest BCUT2D eigenvalue weighted by Gasteiger charge is 2.43. The van der Waals surface area contributed by atoms with Crippen molar-refractivity contribution in [2.75, 3.05) is 25.1 Å². The van der Waals surface area contributed by atoms with E-state index >= 15 is 0 Å². The maximum atomic E-state index is 14.7. The molecule has 3 aliphatic rings. The second-order valence-electron chi connectivity index (χ2n) is 11.3. The van der Waals surface area contributed by atoms with E-state index in [1.54, 1.807) is 12.1 Å². The highest BCUT2D eigenvalue weighted by atomic mass is 32.1. The van der Waals surface area contributed by atoms with Crippen LogP contribution < -0.4 is 9.64 Å². The lowest BCUT2D eigenvalue weighted by atomic mass is 10.0. The van der Waals surface area contributed by atoms with Crippen molar-refractivity contribution in [3.8, 4) is 17.0 Å². The molecule has 1 aliphatic heterocycles. The molecule has 2 saturated carbocycles. The lowest BCUT2D eigenvalue weighted by Gasteiger charge is -2.19. The first-order valence-electron chi connectivity index (χ1n) is 14.1. The van der Waals surface area contributed by atoms with Crippen LogP contribution in [-0.4, -0.2) is 48.8 Å². The number of carbonyl (C=O) groups excluding carboxylic acids is 1. The largest absolute Gasteiger partial charge is 0.573 e. The number of esters is 1. The Morgan fingerprint density at radius 1 is 1.14 bits per heavy atom. The molecule has 2 unspecified atom stereocenters. The molecule has 0 N–H and O–H groups in total. The third kappa shape index (κ3) is 5.55. The van der Waals surface area contributed by atoms with Crippen LogP contribution >= 0.6 is 11.3 Å². The first-order chi connectivity index (χ1) is 20.7. The van der Waals surface area contributed by atoms with Crippen molar-refractivity contribution in [2.45, 2.75) is 50.7 Å². The van der Waals surface area contributed by atoms with Gasteiger partial charge in [-0.25, -0.2) is 14.2 Å². The number of hydrogen-bond donors (Lipinski definition) is 0. The predicted molar refractivity (Wildman–Crippen MR) is 149 cm³/mol. The SMILES string of the molecule is COC(=O)c1cc(F)c2nc(N3CC4CC(OCc5c(-c6ccccc6OC(F)(F)F)noc5C5CC5)CC4C3)sc2c1. The molecule has 2 aliphatic carbocycles. The molecule has 2 aromatic carbocycles. The Morgan fingerprint density at radius 3 is 2.58 bits per heavy atom. The van der Waals surface area contributed by atoms with Crippen LogP contribution in [0.2, 0.25) is 0 Å². The molecule has 4 aromatic rings. The van der Waals surface area contributed by atoms with Crippen molar-refractivity contribution in [1.82, 2.24) is 10.1 Å². The lowest BCUT2D eigenvalue weighted by molar-refractivity contribution is -0.274. The van der Waals surface area contributed by atoms with Crippen LogP contribution in [0.4, 0.5) is 22.7 Å². The van der Waals surface area contributed by atoms with Gasteiger partial charge in [0.05, 0.1) is 30.1 Å².